The van der Waals surface area contributed by atoms with Crippen molar-refractivity contribution in [2.24, 2.45) is 0 Å². The zero-order valence-corrected chi connectivity index (χ0v) is 19.1. The van der Waals surface area contributed by atoms with Gasteiger partial charge in [-0.15, -0.1) is 0 Å². The maximum Gasteiger partial charge on any atom is 0.282 e. The van der Waals surface area contributed by atoms with Crippen LogP contribution < -0.4 is 4.90 Å². The van der Waals surface area contributed by atoms with Crippen molar-refractivity contribution in [3.8, 4) is 0 Å². The Morgan fingerprint density at radius 1 is 0.781 bits per heavy atom. The molecule has 3 aromatic rings. The first-order chi connectivity index (χ1) is 15.2. The van der Waals surface area contributed by atoms with Crippen LogP contribution in [0.25, 0.3) is 0 Å². The number of anilines is 1. The van der Waals surface area contributed by atoms with Crippen molar-refractivity contribution in [3.63, 3.8) is 0 Å². The van der Waals surface area contributed by atoms with E-state index in [0.717, 1.165) is 5.56 Å². The van der Waals surface area contributed by atoms with E-state index in [-0.39, 0.29) is 23.6 Å². The van der Waals surface area contributed by atoms with Crippen LogP contribution >= 0.6 is 0 Å². The molecular formula is C24H23NO5S2. The van der Waals surface area contributed by atoms with Gasteiger partial charge in [-0.25, -0.2) is 16.8 Å². The van der Waals surface area contributed by atoms with Gasteiger partial charge >= 0.3 is 0 Å². The summed E-state index contributed by atoms with van der Waals surface area (Å²) < 4.78 is 53.8. The summed E-state index contributed by atoms with van der Waals surface area (Å²) in [6, 6.07) is 22.3. The molecule has 0 aliphatic carbocycles. The van der Waals surface area contributed by atoms with Crippen LogP contribution in [0.4, 0.5) is 5.69 Å². The highest BCUT2D eigenvalue weighted by atomic mass is 33.2. The number of benzene rings is 3. The topological polar surface area (TPSA) is 88.6 Å². The fourth-order valence-electron chi connectivity index (χ4n) is 4.08. The molecule has 8 heteroatoms. The first-order valence-corrected chi connectivity index (χ1v) is 13.8. The van der Waals surface area contributed by atoms with Crippen molar-refractivity contribution in [1.82, 2.24) is 0 Å². The molecule has 0 aromatic heterocycles. The lowest BCUT2D eigenvalue weighted by Gasteiger charge is -2.40. The summed E-state index contributed by atoms with van der Waals surface area (Å²) in [6.45, 7) is 1.79. The van der Waals surface area contributed by atoms with Crippen molar-refractivity contribution in [3.05, 3.63) is 96.1 Å². The van der Waals surface area contributed by atoms with Crippen LogP contribution in [0.3, 0.4) is 0 Å². The summed E-state index contributed by atoms with van der Waals surface area (Å²) in [5, 5.41) is -1.31. The minimum absolute atomic E-state index is 0.0639. The Balaban J connectivity index is 1.88. The highest BCUT2D eigenvalue weighted by Crippen LogP contribution is 2.41. The quantitative estimate of drug-likeness (QED) is 0.526. The summed E-state index contributed by atoms with van der Waals surface area (Å²) in [4.78, 5) is 14.1. The Morgan fingerprint density at radius 3 is 1.94 bits per heavy atom. The molecule has 6 nitrogen and oxygen atoms in total. The summed E-state index contributed by atoms with van der Waals surface area (Å²) in [5.41, 5.74) is 1.91. The van der Waals surface area contributed by atoms with Gasteiger partial charge in [-0.3, -0.25) is 4.79 Å². The van der Waals surface area contributed by atoms with Gasteiger partial charge in [0.05, 0.1) is 10.9 Å². The molecular weight excluding hydrogens is 446 g/mol. The largest absolute Gasteiger partial charge is 0.304 e. The standard InChI is InChI=1S/C24H23NO5S2/c1-18-12-14-21(15-13-18)31(27,28)32(29,30)22-16-17-23(26)25(20-10-6-3-7-11-20)24(22)19-8-4-2-5-9-19/h2-15,22,24H,16-17H2,1H3. The number of nitrogens with zero attached hydrogens (tertiary/aromatic N) is 1. The maximum atomic E-state index is 13.6. The maximum absolute atomic E-state index is 13.6. The van der Waals surface area contributed by atoms with Crippen LogP contribution in [0.1, 0.15) is 30.0 Å². The predicted octanol–water partition coefficient (Wildman–Crippen LogP) is 4.04. The predicted molar refractivity (Wildman–Crippen MR) is 123 cm³/mol. The molecule has 0 N–H and O–H groups in total. The van der Waals surface area contributed by atoms with Gasteiger partial charge in [0.15, 0.2) is 0 Å². The molecule has 2 atom stereocenters. The summed E-state index contributed by atoms with van der Waals surface area (Å²) in [7, 11) is -9.40. The lowest BCUT2D eigenvalue weighted by molar-refractivity contribution is -0.120. The van der Waals surface area contributed by atoms with E-state index in [1.807, 2.05) is 0 Å². The number of hydrogen-bond acceptors (Lipinski definition) is 5. The third-order valence-electron chi connectivity index (χ3n) is 5.70. The molecule has 1 aliphatic rings. The molecule has 1 amide bonds. The number of para-hydroxylation sites is 1. The molecule has 0 saturated carbocycles. The molecule has 4 rings (SSSR count). The number of carbonyl (C=O) groups excluding carboxylic acids is 1. The number of aryl methyl sites for hydroxylation is 1. The third kappa shape index (κ3) is 3.84. The Kier molecular flexibility index (Phi) is 5.92. The van der Waals surface area contributed by atoms with Crippen LogP contribution in [-0.2, 0) is 22.5 Å². The van der Waals surface area contributed by atoms with Gasteiger partial charge in [-0.2, -0.15) is 0 Å². The van der Waals surface area contributed by atoms with Crippen molar-refractivity contribution in [2.45, 2.75) is 36.0 Å². The van der Waals surface area contributed by atoms with E-state index in [1.165, 1.54) is 17.0 Å². The van der Waals surface area contributed by atoms with Gasteiger partial charge in [0, 0.05) is 12.1 Å². The smallest absolute Gasteiger partial charge is 0.282 e. The fourth-order valence-corrected chi connectivity index (χ4v) is 8.86. The first kappa shape index (κ1) is 22.2. The molecule has 3 aromatic carbocycles. The summed E-state index contributed by atoms with van der Waals surface area (Å²) >= 11 is 0. The number of piperidine rings is 1. The van der Waals surface area contributed by atoms with E-state index in [0.29, 0.717) is 11.3 Å². The zero-order chi connectivity index (χ0) is 22.9. The molecule has 0 bridgehead atoms. The van der Waals surface area contributed by atoms with Gasteiger partial charge in [0.1, 0.15) is 5.25 Å². The molecule has 0 radical (unpaired) electrons. The second-order valence-electron chi connectivity index (χ2n) is 7.79. The normalized spacial score (nSPS) is 19.7. The van der Waals surface area contributed by atoms with Gasteiger partial charge in [-0.1, -0.05) is 66.2 Å². The Labute approximate surface area is 187 Å². The van der Waals surface area contributed by atoms with Gasteiger partial charge in [0.25, 0.3) is 17.7 Å². The van der Waals surface area contributed by atoms with Crippen molar-refractivity contribution in [1.29, 1.82) is 0 Å². The lowest BCUT2D eigenvalue weighted by Crippen LogP contribution is -2.49. The summed E-state index contributed by atoms with van der Waals surface area (Å²) in [6.07, 6.45) is -0.138. The highest BCUT2D eigenvalue weighted by Gasteiger charge is 2.49. The van der Waals surface area contributed by atoms with E-state index in [1.54, 1.807) is 79.7 Å². The molecule has 1 heterocycles. The van der Waals surface area contributed by atoms with Crippen LogP contribution in [0.5, 0.6) is 0 Å². The van der Waals surface area contributed by atoms with Crippen molar-refractivity contribution >= 4 is 29.3 Å². The number of hydrogen-bond donors (Lipinski definition) is 0. The molecule has 2 unspecified atom stereocenters. The third-order valence-corrected chi connectivity index (χ3v) is 11.6. The van der Waals surface area contributed by atoms with E-state index in [9.17, 15) is 21.6 Å². The van der Waals surface area contributed by atoms with E-state index in [4.69, 9.17) is 0 Å². The highest BCUT2D eigenvalue weighted by molar-refractivity contribution is 8.67. The number of rotatable bonds is 5. The Hall–Kier alpha value is -2.97. The zero-order valence-electron chi connectivity index (χ0n) is 17.5. The lowest BCUT2D eigenvalue weighted by atomic mass is 9.93. The fraction of sp³-hybridized carbons (Fsp3) is 0.208. The van der Waals surface area contributed by atoms with Gasteiger partial charge < -0.3 is 4.90 Å². The van der Waals surface area contributed by atoms with Crippen LogP contribution in [0.2, 0.25) is 0 Å². The number of carbonyl (C=O) groups is 1. The molecule has 1 saturated heterocycles. The second-order valence-corrected chi connectivity index (χ2v) is 13.5. The van der Waals surface area contributed by atoms with Gasteiger partial charge in [0.2, 0.25) is 5.91 Å². The number of amides is 1. The minimum Gasteiger partial charge on any atom is -0.304 e. The van der Waals surface area contributed by atoms with Crippen LogP contribution in [0.15, 0.2) is 89.8 Å². The molecule has 0 spiro atoms. The van der Waals surface area contributed by atoms with Gasteiger partial charge in [-0.05, 0) is 43.2 Å². The van der Waals surface area contributed by atoms with Crippen LogP contribution in [0, 0.1) is 6.92 Å². The van der Waals surface area contributed by atoms with Crippen molar-refractivity contribution in [2.75, 3.05) is 4.90 Å². The van der Waals surface area contributed by atoms with Crippen LogP contribution in [-0.4, -0.2) is 28.0 Å². The SMILES string of the molecule is Cc1ccc(S(=O)(=O)S(=O)(=O)C2CCC(=O)N(c3ccccc3)C2c2ccccc2)cc1. The van der Waals surface area contributed by atoms with Crippen molar-refractivity contribution < 1.29 is 21.6 Å². The molecule has 32 heavy (non-hydrogen) atoms. The Morgan fingerprint density at radius 2 is 1.34 bits per heavy atom. The minimum atomic E-state index is -4.71. The van der Waals surface area contributed by atoms with E-state index >= 15 is 0 Å². The average molecular weight is 470 g/mol. The Bertz CT molecular complexity index is 1320. The molecule has 1 aliphatic heterocycles. The first-order valence-electron chi connectivity index (χ1n) is 10.2. The average Bonchev–Trinajstić information content (AvgIpc) is 2.80. The summed E-state index contributed by atoms with van der Waals surface area (Å²) in [5.74, 6) is -0.246. The second kappa shape index (κ2) is 8.52. The van der Waals surface area contributed by atoms with E-state index < -0.39 is 29.0 Å². The monoisotopic (exact) mass is 469 g/mol. The van der Waals surface area contributed by atoms with E-state index in [2.05, 4.69) is 0 Å². The molecule has 166 valence electrons. The molecule has 1 fully saturated rings.